The number of halogens is 6. The molecule has 48 heavy (non-hydrogen) atoms. The molecule has 2 fully saturated rings. The Labute approximate surface area is 309 Å². The van der Waals surface area contributed by atoms with Crippen LogP contribution in [0.25, 0.3) is 0 Å². The largest absolute Gasteiger partial charge is 0.462 e. The highest BCUT2D eigenvalue weighted by atomic mass is 35.5. The van der Waals surface area contributed by atoms with Gasteiger partial charge in [-0.25, -0.2) is 19.2 Å². The van der Waals surface area contributed by atoms with Crippen molar-refractivity contribution in [3.8, 4) is 11.5 Å². The lowest BCUT2D eigenvalue weighted by atomic mass is 9.93. The van der Waals surface area contributed by atoms with E-state index in [1.54, 1.807) is 0 Å². The molecule has 0 radical (unpaired) electrons. The van der Waals surface area contributed by atoms with Gasteiger partial charge in [0.1, 0.15) is 11.1 Å². The SMILES string of the molecule is CC(CCOC(=O)c1c(Cl)c(Cl)cc(Cl)c1OC(=O)C(=O)Oc1c(Cl)cc(Cl)c(Cl)c1C(=O)OCCC(C)CC1(C)CC1)CC1(C)CC1. The molecule has 0 N–H and O–H groups in total. The second-order valence-electron chi connectivity index (χ2n) is 13.6. The van der Waals surface area contributed by atoms with E-state index in [1.807, 2.05) is 0 Å². The number of benzene rings is 2. The molecule has 0 saturated heterocycles. The molecule has 2 aromatic rings. The summed E-state index contributed by atoms with van der Waals surface area (Å²) in [5, 5.41) is -1.47. The van der Waals surface area contributed by atoms with E-state index in [-0.39, 0.29) is 43.3 Å². The van der Waals surface area contributed by atoms with E-state index < -0.39 is 46.5 Å². The maximum Gasteiger partial charge on any atom is 0.423 e. The van der Waals surface area contributed by atoms with Crippen LogP contribution in [-0.4, -0.2) is 37.1 Å². The maximum atomic E-state index is 13.1. The number of carbonyl (C=O) groups excluding carboxylic acids is 4. The van der Waals surface area contributed by atoms with Crippen LogP contribution >= 0.6 is 69.6 Å². The Kier molecular flexibility index (Phi) is 12.9. The van der Waals surface area contributed by atoms with Crippen molar-refractivity contribution in [3.05, 3.63) is 53.4 Å². The molecule has 0 aliphatic heterocycles. The van der Waals surface area contributed by atoms with E-state index in [1.165, 1.54) is 25.7 Å². The van der Waals surface area contributed by atoms with Gasteiger partial charge in [-0.2, -0.15) is 0 Å². The number of ether oxygens (including phenoxy) is 4. The molecule has 8 nitrogen and oxygen atoms in total. The predicted octanol–water partition coefficient (Wildman–Crippen LogP) is 10.9. The molecule has 14 heteroatoms. The summed E-state index contributed by atoms with van der Waals surface area (Å²) in [6.07, 6.45) is 7.86. The standard InChI is InChI=1S/C34H36Cl6O8/c1-17(15-33(3)7-8-33)5-11-45-29(41)23-25(39)19(35)13-21(37)27(23)47-31(43)32(44)48-28-22(38)14-20(36)26(40)24(28)30(42)46-12-6-18(2)16-34(4)9-10-34/h13-14,17-18H,5-12,15-16H2,1-4H3. The lowest BCUT2D eigenvalue weighted by molar-refractivity contribution is -0.156. The third-order valence-corrected chi connectivity index (χ3v) is 10.9. The number of esters is 4. The Morgan fingerprint density at radius 2 is 0.958 bits per heavy atom. The zero-order valence-electron chi connectivity index (χ0n) is 26.9. The summed E-state index contributed by atoms with van der Waals surface area (Å²) in [6.45, 7) is 8.69. The van der Waals surface area contributed by atoms with E-state index in [2.05, 4.69) is 27.7 Å². The van der Waals surface area contributed by atoms with Gasteiger partial charge in [0.25, 0.3) is 0 Å². The van der Waals surface area contributed by atoms with Crippen molar-refractivity contribution in [1.82, 2.24) is 0 Å². The Morgan fingerprint density at radius 1 is 0.625 bits per heavy atom. The van der Waals surface area contributed by atoms with Crippen molar-refractivity contribution in [2.75, 3.05) is 13.2 Å². The maximum absolute atomic E-state index is 13.1. The molecule has 0 heterocycles. The van der Waals surface area contributed by atoms with Gasteiger partial charge < -0.3 is 18.9 Å². The molecule has 2 atom stereocenters. The first-order valence-corrected chi connectivity index (χ1v) is 17.8. The van der Waals surface area contributed by atoms with Gasteiger partial charge in [-0.15, -0.1) is 0 Å². The first-order valence-electron chi connectivity index (χ1n) is 15.6. The fourth-order valence-electron chi connectivity index (χ4n) is 5.56. The lowest BCUT2D eigenvalue weighted by Crippen LogP contribution is -2.27. The Bertz CT molecular complexity index is 1480. The van der Waals surface area contributed by atoms with Crippen LogP contribution in [0.5, 0.6) is 11.5 Å². The van der Waals surface area contributed by atoms with E-state index in [9.17, 15) is 19.2 Å². The van der Waals surface area contributed by atoms with Crippen LogP contribution in [0.4, 0.5) is 0 Å². The smallest absolute Gasteiger partial charge is 0.423 e. The van der Waals surface area contributed by atoms with Crippen molar-refractivity contribution in [3.63, 3.8) is 0 Å². The highest BCUT2D eigenvalue weighted by Crippen LogP contribution is 2.51. The van der Waals surface area contributed by atoms with Gasteiger partial charge in [-0.05, 0) is 86.2 Å². The number of hydrogen-bond acceptors (Lipinski definition) is 8. The summed E-state index contributed by atoms with van der Waals surface area (Å²) < 4.78 is 21.2. The third kappa shape index (κ3) is 10.1. The summed E-state index contributed by atoms with van der Waals surface area (Å²) in [4.78, 5) is 52.2. The van der Waals surface area contributed by atoms with Gasteiger partial charge in [0.05, 0.1) is 43.3 Å². The zero-order chi connectivity index (χ0) is 35.6. The van der Waals surface area contributed by atoms with Gasteiger partial charge in [0.2, 0.25) is 0 Å². The Morgan fingerprint density at radius 3 is 1.27 bits per heavy atom. The Hall–Kier alpha value is -1.94. The molecule has 2 unspecified atom stereocenters. The van der Waals surface area contributed by atoms with Crippen LogP contribution in [-0.2, 0) is 19.1 Å². The molecule has 0 aromatic heterocycles. The van der Waals surface area contributed by atoms with E-state index in [0.717, 1.165) is 25.0 Å². The van der Waals surface area contributed by atoms with Crippen molar-refractivity contribution < 1.29 is 38.1 Å². The number of carbonyl (C=O) groups is 4. The minimum Gasteiger partial charge on any atom is -0.462 e. The molecule has 4 rings (SSSR count). The number of hydrogen-bond donors (Lipinski definition) is 0. The quantitative estimate of drug-likeness (QED) is 0.0807. The average Bonchev–Trinajstić information content (AvgIpc) is 3.92. The van der Waals surface area contributed by atoms with Gasteiger partial charge in [0, 0.05) is 0 Å². The zero-order valence-corrected chi connectivity index (χ0v) is 31.4. The molecule has 0 amide bonds. The van der Waals surface area contributed by atoms with E-state index in [4.69, 9.17) is 88.6 Å². The molecular formula is C34H36Cl6O8. The van der Waals surface area contributed by atoms with Crippen LogP contribution in [0.15, 0.2) is 12.1 Å². The van der Waals surface area contributed by atoms with Crippen LogP contribution in [0.3, 0.4) is 0 Å². The van der Waals surface area contributed by atoms with Crippen LogP contribution in [0.1, 0.15) is 99.8 Å². The van der Waals surface area contributed by atoms with E-state index in [0.29, 0.717) is 35.5 Å². The summed E-state index contributed by atoms with van der Waals surface area (Å²) in [7, 11) is 0. The topological polar surface area (TPSA) is 105 Å². The Balaban J connectivity index is 1.46. The van der Waals surface area contributed by atoms with Crippen molar-refractivity contribution in [1.29, 1.82) is 0 Å². The van der Waals surface area contributed by atoms with Gasteiger partial charge in [0.15, 0.2) is 11.5 Å². The minimum absolute atomic E-state index is 0.0545. The van der Waals surface area contributed by atoms with Crippen molar-refractivity contribution in [2.45, 2.75) is 79.1 Å². The summed E-state index contributed by atoms with van der Waals surface area (Å²) in [6, 6.07) is 2.26. The monoisotopic (exact) mass is 782 g/mol. The lowest BCUT2D eigenvalue weighted by Gasteiger charge is -2.18. The second-order valence-corrected chi connectivity index (χ2v) is 16.0. The molecular weight excluding hydrogens is 749 g/mol. The van der Waals surface area contributed by atoms with Gasteiger partial charge >= 0.3 is 23.9 Å². The highest BCUT2D eigenvalue weighted by Gasteiger charge is 2.39. The molecule has 2 saturated carbocycles. The minimum atomic E-state index is -1.64. The van der Waals surface area contributed by atoms with Crippen LogP contribution in [0.2, 0.25) is 30.1 Å². The summed E-state index contributed by atoms with van der Waals surface area (Å²) >= 11 is 37.4. The fourth-order valence-corrected chi connectivity index (χ4v) is 7.00. The van der Waals surface area contributed by atoms with Crippen molar-refractivity contribution >= 4 is 93.5 Å². The molecule has 2 aliphatic carbocycles. The van der Waals surface area contributed by atoms with Crippen molar-refractivity contribution in [2.24, 2.45) is 22.7 Å². The van der Waals surface area contributed by atoms with Gasteiger partial charge in [-0.3, -0.25) is 0 Å². The predicted molar refractivity (Wildman–Crippen MR) is 186 cm³/mol. The number of rotatable bonds is 14. The van der Waals surface area contributed by atoms with Crippen LogP contribution in [0, 0.1) is 22.7 Å². The van der Waals surface area contributed by atoms with E-state index >= 15 is 0 Å². The van der Waals surface area contributed by atoms with Crippen LogP contribution < -0.4 is 9.47 Å². The molecule has 262 valence electrons. The fraction of sp³-hybridized carbons (Fsp3) is 0.529. The second kappa shape index (κ2) is 15.9. The summed E-state index contributed by atoms with van der Waals surface area (Å²) in [5.74, 6) is -5.78. The third-order valence-electron chi connectivity index (χ3n) is 8.79. The molecule has 2 aliphatic rings. The highest BCUT2D eigenvalue weighted by molar-refractivity contribution is 6.47. The first-order chi connectivity index (χ1) is 22.4. The molecule has 0 bridgehead atoms. The molecule has 0 spiro atoms. The first kappa shape index (κ1) is 38.9. The normalized spacial score (nSPS) is 16.8. The summed E-state index contributed by atoms with van der Waals surface area (Å²) in [5.41, 5.74) is -0.255. The van der Waals surface area contributed by atoms with Gasteiger partial charge in [-0.1, -0.05) is 97.3 Å². The molecule has 2 aromatic carbocycles. The average molecular weight is 785 g/mol.